The van der Waals surface area contributed by atoms with Crippen molar-refractivity contribution in [2.24, 2.45) is 0 Å². The summed E-state index contributed by atoms with van der Waals surface area (Å²) in [6, 6.07) is 3.94. The highest BCUT2D eigenvalue weighted by molar-refractivity contribution is 6.30. The van der Waals surface area contributed by atoms with Gasteiger partial charge >= 0.3 is 6.18 Å². The zero-order valence-corrected chi connectivity index (χ0v) is 11.6. The minimum Gasteiger partial charge on any atom is -0.309 e. The van der Waals surface area contributed by atoms with E-state index in [0.29, 0.717) is 5.56 Å². The highest BCUT2D eigenvalue weighted by Crippen LogP contribution is 2.36. The maximum absolute atomic E-state index is 13.5. The van der Waals surface area contributed by atoms with Crippen LogP contribution in [0.2, 0.25) is 5.02 Å². The van der Waals surface area contributed by atoms with Gasteiger partial charge in [0.1, 0.15) is 5.82 Å². The van der Waals surface area contributed by atoms with E-state index >= 15 is 0 Å². The van der Waals surface area contributed by atoms with Crippen LogP contribution in [0.5, 0.6) is 0 Å². The molecule has 0 aliphatic carbocycles. The van der Waals surface area contributed by atoms with Gasteiger partial charge in [-0.25, -0.2) is 4.39 Å². The van der Waals surface area contributed by atoms with Gasteiger partial charge in [0.25, 0.3) is 0 Å². The SMILES string of the molecule is CNC(c1ccc(Cl)c(F)c1)c1cnccc1C(F)(F)F. The molecule has 0 radical (unpaired) electrons. The largest absolute Gasteiger partial charge is 0.416 e. The maximum atomic E-state index is 13.5. The van der Waals surface area contributed by atoms with Gasteiger partial charge in [0, 0.05) is 18.0 Å². The first-order valence-electron chi connectivity index (χ1n) is 5.98. The molecule has 7 heteroatoms. The number of pyridine rings is 1. The average molecular weight is 319 g/mol. The van der Waals surface area contributed by atoms with Crippen molar-refractivity contribution in [2.75, 3.05) is 7.05 Å². The fraction of sp³-hybridized carbons (Fsp3) is 0.214. The van der Waals surface area contributed by atoms with E-state index in [1.54, 1.807) is 0 Å². The zero-order valence-electron chi connectivity index (χ0n) is 10.9. The fourth-order valence-electron chi connectivity index (χ4n) is 2.09. The summed E-state index contributed by atoms with van der Waals surface area (Å²) in [4.78, 5) is 3.73. The van der Waals surface area contributed by atoms with Gasteiger partial charge in [-0.05, 0) is 30.8 Å². The minimum atomic E-state index is -4.52. The summed E-state index contributed by atoms with van der Waals surface area (Å²) in [6.07, 6.45) is -2.32. The molecule has 2 rings (SSSR count). The topological polar surface area (TPSA) is 24.9 Å². The molecule has 0 aliphatic rings. The van der Waals surface area contributed by atoms with Crippen LogP contribution in [0.15, 0.2) is 36.7 Å². The summed E-state index contributed by atoms with van der Waals surface area (Å²) in [6.45, 7) is 0. The van der Waals surface area contributed by atoms with Gasteiger partial charge in [0.2, 0.25) is 0 Å². The van der Waals surface area contributed by atoms with Gasteiger partial charge in [0.05, 0.1) is 16.6 Å². The van der Waals surface area contributed by atoms with E-state index in [9.17, 15) is 17.6 Å². The van der Waals surface area contributed by atoms with Crippen molar-refractivity contribution in [3.8, 4) is 0 Å². The highest BCUT2D eigenvalue weighted by Gasteiger charge is 2.35. The Balaban J connectivity index is 2.54. The van der Waals surface area contributed by atoms with Crippen LogP contribution in [-0.2, 0) is 6.18 Å². The Labute approximate surface area is 123 Å². The molecular weight excluding hydrogens is 308 g/mol. The van der Waals surface area contributed by atoms with Crippen LogP contribution in [0.3, 0.4) is 0 Å². The minimum absolute atomic E-state index is 0.0748. The molecule has 0 saturated carbocycles. The molecule has 0 amide bonds. The summed E-state index contributed by atoms with van der Waals surface area (Å²) in [7, 11) is 1.49. The van der Waals surface area contributed by atoms with Crippen LogP contribution in [0, 0.1) is 5.82 Å². The second-order valence-corrected chi connectivity index (χ2v) is 4.76. The van der Waals surface area contributed by atoms with E-state index in [0.717, 1.165) is 24.5 Å². The third kappa shape index (κ3) is 3.33. The second-order valence-electron chi connectivity index (χ2n) is 4.36. The van der Waals surface area contributed by atoms with Gasteiger partial charge < -0.3 is 5.32 Å². The Kier molecular flexibility index (Phi) is 4.49. The van der Waals surface area contributed by atoms with Crippen molar-refractivity contribution < 1.29 is 17.6 Å². The smallest absolute Gasteiger partial charge is 0.309 e. The molecule has 1 heterocycles. The van der Waals surface area contributed by atoms with Crippen LogP contribution in [0.1, 0.15) is 22.7 Å². The Morgan fingerprint density at radius 2 is 1.95 bits per heavy atom. The van der Waals surface area contributed by atoms with Crippen molar-refractivity contribution in [3.05, 3.63) is 64.2 Å². The van der Waals surface area contributed by atoms with E-state index in [-0.39, 0.29) is 10.6 Å². The summed E-state index contributed by atoms with van der Waals surface area (Å²) >= 11 is 5.59. The number of hydrogen-bond donors (Lipinski definition) is 1. The van der Waals surface area contributed by atoms with Crippen molar-refractivity contribution in [2.45, 2.75) is 12.2 Å². The third-order valence-corrected chi connectivity index (χ3v) is 3.34. The highest BCUT2D eigenvalue weighted by atomic mass is 35.5. The van der Waals surface area contributed by atoms with Crippen LogP contribution >= 0.6 is 11.6 Å². The molecule has 21 heavy (non-hydrogen) atoms. The lowest BCUT2D eigenvalue weighted by molar-refractivity contribution is -0.138. The Morgan fingerprint density at radius 3 is 2.52 bits per heavy atom. The molecule has 0 fully saturated rings. The molecule has 112 valence electrons. The molecule has 2 nitrogen and oxygen atoms in total. The van der Waals surface area contributed by atoms with Crippen molar-refractivity contribution in [1.82, 2.24) is 10.3 Å². The quantitative estimate of drug-likeness (QED) is 0.858. The number of hydrogen-bond acceptors (Lipinski definition) is 2. The molecule has 0 aliphatic heterocycles. The first kappa shape index (κ1) is 15.7. The number of rotatable bonds is 3. The third-order valence-electron chi connectivity index (χ3n) is 3.03. The summed E-state index contributed by atoms with van der Waals surface area (Å²) in [5, 5.41) is 2.66. The zero-order chi connectivity index (χ0) is 15.6. The molecule has 0 bridgehead atoms. The molecule has 0 spiro atoms. The number of nitrogens with zero attached hydrogens (tertiary/aromatic N) is 1. The van der Waals surface area contributed by atoms with Crippen LogP contribution in [0.4, 0.5) is 17.6 Å². The molecular formula is C14H11ClF4N2. The average Bonchev–Trinajstić information content (AvgIpc) is 2.43. The van der Waals surface area contributed by atoms with Gasteiger partial charge in [-0.3, -0.25) is 4.98 Å². The molecule has 1 unspecified atom stereocenters. The monoisotopic (exact) mass is 318 g/mol. The maximum Gasteiger partial charge on any atom is 0.416 e. The lowest BCUT2D eigenvalue weighted by Crippen LogP contribution is -2.22. The molecule has 1 aromatic heterocycles. The number of aromatic nitrogens is 1. The normalized spacial score (nSPS) is 13.2. The van der Waals surface area contributed by atoms with Gasteiger partial charge in [-0.2, -0.15) is 13.2 Å². The summed E-state index contributed by atoms with van der Waals surface area (Å²) < 4.78 is 52.7. The lowest BCUT2D eigenvalue weighted by atomic mass is 9.96. The Morgan fingerprint density at radius 1 is 1.24 bits per heavy atom. The standard InChI is InChI=1S/C14H11ClF4N2/c1-20-13(8-2-3-11(15)12(16)6-8)9-7-21-5-4-10(9)14(17,18)19/h2-7,13,20H,1H3. The van der Waals surface area contributed by atoms with Crippen LogP contribution in [0.25, 0.3) is 0 Å². The van der Waals surface area contributed by atoms with E-state index in [1.807, 2.05) is 0 Å². The van der Waals surface area contributed by atoms with Crippen molar-refractivity contribution in [3.63, 3.8) is 0 Å². The van der Waals surface area contributed by atoms with Gasteiger partial charge in [-0.15, -0.1) is 0 Å². The van der Waals surface area contributed by atoms with E-state index in [1.165, 1.54) is 19.2 Å². The lowest BCUT2D eigenvalue weighted by Gasteiger charge is -2.21. The molecule has 1 aromatic carbocycles. The fourth-order valence-corrected chi connectivity index (χ4v) is 2.21. The van der Waals surface area contributed by atoms with E-state index in [4.69, 9.17) is 11.6 Å². The first-order chi connectivity index (χ1) is 9.84. The first-order valence-corrected chi connectivity index (χ1v) is 6.35. The Bertz CT molecular complexity index is 643. The van der Waals surface area contributed by atoms with Gasteiger partial charge in [0.15, 0.2) is 0 Å². The number of nitrogens with one attached hydrogen (secondary N) is 1. The molecule has 0 saturated heterocycles. The van der Waals surface area contributed by atoms with Crippen LogP contribution in [-0.4, -0.2) is 12.0 Å². The Hall–Kier alpha value is -1.66. The molecule has 1 atom stereocenters. The van der Waals surface area contributed by atoms with Crippen molar-refractivity contribution in [1.29, 1.82) is 0 Å². The molecule has 1 N–H and O–H groups in total. The predicted molar refractivity (Wildman–Crippen MR) is 71.6 cm³/mol. The summed E-state index contributed by atoms with van der Waals surface area (Å²) in [5.41, 5.74) is -0.556. The van der Waals surface area contributed by atoms with E-state index < -0.39 is 23.6 Å². The van der Waals surface area contributed by atoms with Crippen LogP contribution < -0.4 is 5.32 Å². The predicted octanol–water partition coefficient (Wildman–Crippen LogP) is 4.20. The van der Waals surface area contributed by atoms with Gasteiger partial charge in [-0.1, -0.05) is 17.7 Å². The second kappa shape index (κ2) is 5.99. The van der Waals surface area contributed by atoms with E-state index in [2.05, 4.69) is 10.3 Å². The number of benzene rings is 1. The van der Waals surface area contributed by atoms with Crippen molar-refractivity contribution >= 4 is 11.6 Å². The molecule has 2 aromatic rings. The number of alkyl halides is 3. The summed E-state index contributed by atoms with van der Waals surface area (Å²) in [5.74, 6) is -0.688. The number of halogens is 5.